The van der Waals surface area contributed by atoms with Crippen LogP contribution < -0.4 is 5.73 Å². The van der Waals surface area contributed by atoms with Gasteiger partial charge < -0.3 is 10.3 Å². The fraction of sp³-hybridized carbons (Fsp3) is 0.385. The molecule has 0 fully saturated rings. The molecule has 102 valence electrons. The molecule has 0 aliphatic rings. The third-order valence-electron chi connectivity index (χ3n) is 2.71. The van der Waals surface area contributed by atoms with Crippen molar-refractivity contribution in [3.8, 4) is 11.5 Å². The van der Waals surface area contributed by atoms with E-state index < -0.39 is 0 Å². The van der Waals surface area contributed by atoms with E-state index in [1.54, 1.807) is 18.2 Å². The predicted octanol–water partition coefficient (Wildman–Crippen LogP) is 4.00. The molecule has 2 rings (SSSR count). The first-order chi connectivity index (χ1) is 9.08. The lowest BCUT2D eigenvalue weighted by Crippen LogP contribution is -1.94. The molecule has 1 unspecified atom stereocenters. The Hall–Kier alpha value is -1.20. The molecule has 2 N–H and O–H groups in total. The first-order valence-electron chi connectivity index (χ1n) is 6.09. The van der Waals surface area contributed by atoms with Crippen molar-refractivity contribution in [3.05, 3.63) is 29.0 Å². The lowest BCUT2D eigenvalue weighted by molar-refractivity contribution is 0.425. The molecule has 0 amide bonds. The van der Waals surface area contributed by atoms with Crippen molar-refractivity contribution < 1.29 is 4.52 Å². The van der Waals surface area contributed by atoms with Gasteiger partial charge in [0.2, 0.25) is 0 Å². The van der Waals surface area contributed by atoms with Crippen molar-refractivity contribution in [1.82, 2.24) is 10.1 Å². The largest absolute Gasteiger partial charge is 0.399 e. The molecule has 0 aliphatic carbocycles. The molecule has 0 saturated carbocycles. The molecule has 0 spiro atoms. The Morgan fingerprint density at radius 1 is 1.42 bits per heavy atom. The lowest BCUT2D eigenvalue weighted by Gasteiger charge is -2.04. The van der Waals surface area contributed by atoms with E-state index in [9.17, 15) is 0 Å². The van der Waals surface area contributed by atoms with Crippen molar-refractivity contribution in [1.29, 1.82) is 0 Å². The zero-order valence-electron chi connectivity index (χ0n) is 10.9. The Morgan fingerprint density at radius 3 is 2.89 bits per heavy atom. The van der Waals surface area contributed by atoms with Crippen LogP contribution in [0.5, 0.6) is 0 Å². The van der Waals surface area contributed by atoms with Crippen molar-refractivity contribution in [2.24, 2.45) is 0 Å². The Morgan fingerprint density at radius 2 is 2.21 bits per heavy atom. The van der Waals surface area contributed by atoms with Crippen LogP contribution in [0, 0.1) is 0 Å². The first kappa shape index (κ1) is 14.2. The Bertz CT molecular complexity index is 538. The van der Waals surface area contributed by atoms with E-state index in [4.69, 9.17) is 21.9 Å². The Balaban J connectivity index is 2.12. The fourth-order valence-electron chi connectivity index (χ4n) is 1.50. The molecule has 1 heterocycles. The summed E-state index contributed by atoms with van der Waals surface area (Å²) in [6.07, 6.45) is 1.13. The quantitative estimate of drug-likeness (QED) is 0.845. The number of nitrogen functional groups attached to an aromatic ring is 1. The average molecular weight is 298 g/mol. The highest BCUT2D eigenvalue weighted by atomic mass is 35.5. The van der Waals surface area contributed by atoms with Gasteiger partial charge in [0.1, 0.15) is 0 Å². The van der Waals surface area contributed by atoms with E-state index >= 15 is 0 Å². The van der Waals surface area contributed by atoms with Crippen LogP contribution in [0.4, 0.5) is 5.69 Å². The number of hydrogen-bond donors (Lipinski definition) is 1. The molecule has 0 bridgehead atoms. The molecule has 1 atom stereocenters. The third kappa shape index (κ3) is 3.88. The molecule has 0 aliphatic heterocycles. The number of aromatic nitrogens is 2. The average Bonchev–Trinajstić information content (AvgIpc) is 2.83. The number of thioether (sulfide) groups is 1. The van der Waals surface area contributed by atoms with Gasteiger partial charge in [0.05, 0.1) is 5.75 Å². The molecule has 2 aromatic rings. The van der Waals surface area contributed by atoms with E-state index in [1.165, 1.54) is 0 Å². The number of nitrogens with zero attached hydrogens (tertiary/aromatic N) is 2. The first-order valence-corrected chi connectivity index (χ1v) is 7.51. The highest BCUT2D eigenvalue weighted by molar-refractivity contribution is 7.99. The molecular weight excluding hydrogens is 282 g/mol. The molecule has 0 radical (unpaired) electrons. The number of halogens is 1. The summed E-state index contributed by atoms with van der Waals surface area (Å²) in [4.78, 5) is 4.36. The highest BCUT2D eigenvalue weighted by Gasteiger charge is 2.11. The maximum Gasteiger partial charge on any atom is 0.258 e. The topological polar surface area (TPSA) is 64.9 Å². The van der Waals surface area contributed by atoms with Gasteiger partial charge in [0.25, 0.3) is 5.89 Å². The Kier molecular flexibility index (Phi) is 4.71. The monoisotopic (exact) mass is 297 g/mol. The van der Waals surface area contributed by atoms with Crippen LogP contribution in [-0.2, 0) is 5.75 Å². The second-order valence-corrected chi connectivity index (χ2v) is 6.18. The highest BCUT2D eigenvalue weighted by Crippen LogP contribution is 2.26. The number of anilines is 1. The van der Waals surface area contributed by atoms with Crippen LogP contribution in [0.15, 0.2) is 22.7 Å². The lowest BCUT2D eigenvalue weighted by atomic mass is 10.2. The van der Waals surface area contributed by atoms with Crippen LogP contribution >= 0.6 is 23.4 Å². The summed E-state index contributed by atoms with van der Waals surface area (Å²) in [5, 5.41) is 5.11. The van der Waals surface area contributed by atoms with E-state index in [2.05, 4.69) is 24.0 Å². The second kappa shape index (κ2) is 6.30. The summed E-state index contributed by atoms with van der Waals surface area (Å²) in [7, 11) is 0. The van der Waals surface area contributed by atoms with Crippen LogP contribution in [-0.4, -0.2) is 15.4 Å². The maximum absolute atomic E-state index is 5.95. The Labute approximate surface area is 121 Å². The normalized spacial score (nSPS) is 12.6. The van der Waals surface area contributed by atoms with Crippen LogP contribution in [0.3, 0.4) is 0 Å². The van der Waals surface area contributed by atoms with Crippen molar-refractivity contribution in [3.63, 3.8) is 0 Å². The van der Waals surface area contributed by atoms with Gasteiger partial charge in [-0.2, -0.15) is 16.7 Å². The smallest absolute Gasteiger partial charge is 0.258 e. The minimum atomic E-state index is 0.453. The van der Waals surface area contributed by atoms with Gasteiger partial charge in [-0.1, -0.05) is 30.6 Å². The van der Waals surface area contributed by atoms with Gasteiger partial charge in [-0.05, 0) is 24.6 Å². The van der Waals surface area contributed by atoms with Crippen molar-refractivity contribution >= 4 is 29.1 Å². The summed E-state index contributed by atoms with van der Waals surface area (Å²) in [5.74, 6) is 1.89. The van der Waals surface area contributed by atoms with Crippen LogP contribution in [0.1, 0.15) is 26.1 Å². The molecule has 6 heteroatoms. The SMILES string of the molecule is CCC(C)SCc1noc(-c2cc(N)cc(Cl)c2)n1. The summed E-state index contributed by atoms with van der Waals surface area (Å²) in [6, 6.07) is 5.21. The second-order valence-electron chi connectivity index (χ2n) is 4.32. The third-order valence-corrected chi connectivity index (χ3v) is 4.25. The van der Waals surface area contributed by atoms with Gasteiger partial charge in [-0.15, -0.1) is 0 Å². The molecule has 19 heavy (non-hydrogen) atoms. The maximum atomic E-state index is 5.95. The minimum absolute atomic E-state index is 0.453. The molecule has 1 aromatic carbocycles. The van der Waals surface area contributed by atoms with Gasteiger partial charge in [-0.3, -0.25) is 0 Å². The predicted molar refractivity (Wildman–Crippen MR) is 80.2 cm³/mol. The van der Waals surface area contributed by atoms with Crippen LogP contribution in [0.25, 0.3) is 11.5 Å². The molecule has 0 saturated heterocycles. The van der Waals surface area contributed by atoms with E-state index in [0.717, 1.165) is 17.7 Å². The van der Waals surface area contributed by atoms with Crippen molar-refractivity contribution in [2.75, 3.05) is 5.73 Å². The zero-order valence-corrected chi connectivity index (χ0v) is 12.5. The summed E-state index contributed by atoms with van der Waals surface area (Å²) in [6.45, 7) is 4.34. The van der Waals surface area contributed by atoms with Gasteiger partial charge in [-0.25, -0.2) is 0 Å². The molecular formula is C13H16ClN3OS. The summed E-state index contributed by atoms with van der Waals surface area (Å²) >= 11 is 7.76. The van der Waals surface area contributed by atoms with Gasteiger partial charge >= 0.3 is 0 Å². The molecule has 4 nitrogen and oxygen atoms in total. The van der Waals surface area contributed by atoms with Gasteiger partial charge in [0, 0.05) is 21.5 Å². The van der Waals surface area contributed by atoms with E-state index in [0.29, 0.717) is 27.7 Å². The van der Waals surface area contributed by atoms with E-state index in [-0.39, 0.29) is 0 Å². The van der Waals surface area contributed by atoms with Gasteiger partial charge in [0.15, 0.2) is 5.82 Å². The van der Waals surface area contributed by atoms with Crippen LogP contribution in [0.2, 0.25) is 5.02 Å². The fourth-order valence-corrected chi connectivity index (χ4v) is 2.53. The molecule has 1 aromatic heterocycles. The minimum Gasteiger partial charge on any atom is -0.399 e. The number of benzene rings is 1. The zero-order chi connectivity index (χ0) is 13.8. The van der Waals surface area contributed by atoms with Crippen molar-refractivity contribution in [2.45, 2.75) is 31.3 Å². The number of hydrogen-bond acceptors (Lipinski definition) is 5. The number of nitrogens with two attached hydrogens (primary N) is 1. The summed E-state index contributed by atoms with van der Waals surface area (Å²) in [5.41, 5.74) is 7.07. The van der Waals surface area contributed by atoms with E-state index in [1.807, 2.05) is 11.8 Å². The summed E-state index contributed by atoms with van der Waals surface area (Å²) < 4.78 is 5.24. The number of rotatable bonds is 5. The standard InChI is InChI=1S/C13H16ClN3OS/c1-3-8(2)19-7-12-16-13(18-17-12)9-4-10(14)6-11(15)5-9/h4-6,8H,3,7,15H2,1-2H3.